The van der Waals surface area contributed by atoms with E-state index in [4.69, 9.17) is 11.5 Å². The van der Waals surface area contributed by atoms with Gasteiger partial charge in [-0.25, -0.2) is 9.97 Å². The van der Waals surface area contributed by atoms with Crippen molar-refractivity contribution in [1.29, 1.82) is 0 Å². The Hall–Kier alpha value is -2.37. The van der Waals surface area contributed by atoms with Gasteiger partial charge < -0.3 is 16.4 Å². The van der Waals surface area contributed by atoms with Crippen molar-refractivity contribution >= 4 is 28.3 Å². The number of hydrogen-bond acceptors (Lipinski definition) is 5. The van der Waals surface area contributed by atoms with Gasteiger partial charge in [0.2, 0.25) is 5.91 Å². The lowest BCUT2D eigenvalue weighted by Gasteiger charge is -2.24. The fraction of sp³-hybridized carbons (Fsp3) is 0.308. The van der Waals surface area contributed by atoms with Crippen LogP contribution < -0.4 is 16.4 Å². The van der Waals surface area contributed by atoms with Crippen molar-refractivity contribution in [2.24, 2.45) is 5.73 Å². The number of aromatic nitrogens is 2. The van der Waals surface area contributed by atoms with Gasteiger partial charge in [-0.05, 0) is 31.0 Å². The Balaban J connectivity index is 2.14. The molecule has 4 N–H and O–H groups in total. The minimum atomic E-state index is -0.312. The summed E-state index contributed by atoms with van der Waals surface area (Å²) in [7, 11) is 0. The van der Waals surface area contributed by atoms with Crippen molar-refractivity contribution in [3.05, 3.63) is 24.5 Å². The van der Waals surface area contributed by atoms with E-state index in [0.717, 1.165) is 36.1 Å². The number of amides is 1. The van der Waals surface area contributed by atoms with Gasteiger partial charge in [-0.2, -0.15) is 0 Å². The van der Waals surface area contributed by atoms with Crippen LogP contribution in [0.15, 0.2) is 24.5 Å². The minimum absolute atomic E-state index is 0.292. The van der Waals surface area contributed by atoms with E-state index in [2.05, 4.69) is 9.97 Å². The summed E-state index contributed by atoms with van der Waals surface area (Å²) >= 11 is 0. The minimum Gasteiger partial charge on any atom is -0.399 e. The van der Waals surface area contributed by atoms with E-state index in [1.165, 1.54) is 6.33 Å². The number of benzene rings is 1. The van der Waals surface area contributed by atoms with E-state index in [9.17, 15) is 4.79 Å². The number of fused-ring (bicyclic) bond motifs is 1. The summed E-state index contributed by atoms with van der Waals surface area (Å²) in [6.45, 7) is 0.772. The van der Waals surface area contributed by atoms with Crippen LogP contribution in [0.5, 0.6) is 0 Å². The molecule has 6 nitrogen and oxygen atoms in total. The average Bonchev–Trinajstić information content (AvgIpc) is 2.87. The molecule has 1 aromatic heterocycles. The normalized spacial score (nSPS) is 18.9. The molecule has 0 saturated carbocycles. The average molecular weight is 257 g/mol. The van der Waals surface area contributed by atoms with Gasteiger partial charge in [-0.3, -0.25) is 4.79 Å². The molecule has 1 saturated heterocycles. The maximum atomic E-state index is 11.5. The Bertz CT molecular complexity index is 642. The van der Waals surface area contributed by atoms with E-state index < -0.39 is 0 Å². The first-order valence-corrected chi connectivity index (χ1v) is 6.23. The van der Waals surface area contributed by atoms with Crippen molar-refractivity contribution < 1.29 is 4.79 Å². The number of hydrogen-bond donors (Lipinski definition) is 2. The first-order valence-electron chi connectivity index (χ1n) is 6.23. The fourth-order valence-corrected chi connectivity index (χ4v) is 2.61. The molecule has 0 aliphatic carbocycles. The summed E-state index contributed by atoms with van der Waals surface area (Å²) in [5.41, 5.74) is 12.7. The SMILES string of the molecule is NC(=O)C1CCCN1c1ncnc2ccc(N)cc12. The monoisotopic (exact) mass is 257 g/mol. The van der Waals surface area contributed by atoms with E-state index >= 15 is 0 Å². The van der Waals surface area contributed by atoms with Crippen LogP contribution in [-0.2, 0) is 4.79 Å². The van der Waals surface area contributed by atoms with Crippen LogP contribution in [0.4, 0.5) is 11.5 Å². The molecule has 1 aliphatic heterocycles. The highest BCUT2D eigenvalue weighted by atomic mass is 16.1. The van der Waals surface area contributed by atoms with E-state index in [1.807, 2.05) is 17.0 Å². The first kappa shape index (κ1) is 11.7. The predicted molar refractivity (Wildman–Crippen MR) is 73.5 cm³/mol. The molecule has 98 valence electrons. The largest absolute Gasteiger partial charge is 0.399 e. The maximum Gasteiger partial charge on any atom is 0.240 e. The molecule has 0 spiro atoms. The zero-order valence-electron chi connectivity index (χ0n) is 10.4. The van der Waals surface area contributed by atoms with Crippen LogP contribution in [0, 0.1) is 0 Å². The molecule has 2 aromatic rings. The van der Waals surface area contributed by atoms with Crippen molar-refractivity contribution in [2.45, 2.75) is 18.9 Å². The lowest BCUT2D eigenvalue weighted by molar-refractivity contribution is -0.119. The molecule has 6 heteroatoms. The van der Waals surface area contributed by atoms with E-state index in [0.29, 0.717) is 5.69 Å². The number of nitrogens with zero attached hydrogens (tertiary/aromatic N) is 3. The summed E-state index contributed by atoms with van der Waals surface area (Å²) in [5, 5.41) is 0.857. The summed E-state index contributed by atoms with van der Waals surface area (Å²) < 4.78 is 0. The molecule has 19 heavy (non-hydrogen) atoms. The first-order chi connectivity index (χ1) is 9.16. The molecule has 0 bridgehead atoms. The number of anilines is 2. The topological polar surface area (TPSA) is 98.1 Å². The van der Waals surface area contributed by atoms with Crippen LogP contribution in [0.3, 0.4) is 0 Å². The number of carbonyl (C=O) groups is 1. The molecular weight excluding hydrogens is 242 g/mol. The standard InChI is InChI=1S/C13H15N5O/c14-8-3-4-10-9(6-8)13(17-7-16-10)18-5-1-2-11(18)12(15)19/h3-4,6-7,11H,1-2,5,14H2,(H2,15,19). The molecule has 1 amide bonds. The highest BCUT2D eigenvalue weighted by Gasteiger charge is 2.31. The molecule has 1 aromatic carbocycles. The summed E-state index contributed by atoms with van der Waals surface area (Å²) in [4.78, 5) is 22.0. The Morgan fingerprint density at radius 1 is 1.37 bits per heavy atom. The van der Waals surface area contributed by atoms with Crippen LogP contribution in [-0.4, -0.2) is 28.5 Å². The molecule has 1 unspecified atom stereocenters. The number of carbonyl (C=O) groups excluding carboxylic acids is 1. The Morgan fingerprint density at radius 2 is 2.21 bits per heavy atom. The van der Waals surface area contributed by atoms with Crippen LogP contribution in [0.25, 0.3) is 10.9 Å². The van der Waals surface area contributed by atoms with Crippen LogP contribution in [0.1, 0.15) is 12.8 Å². The number of rotatable bonds is 2. The molecule has 2 heterocycles. The smallest absolute Gasteiger partial charge is 0.240 e. The third-order valence-electron chi connectivity index (χ3n) is 3.49. The number of primary amides is 1. The van der Waals surface area contributed by atoms with Crippen molar-refractivity contribution in [3.8, 4) is 0 Å². The van der Waals surface area contributed by atoms with Crippen molar-refractivity contribution in [1.82, 2.24) is 9.97 Å². The van der Waals surface area contributed by atoms with Gasteiger partial charge in [0, 0.05) is 17.6 Å². The van der Waals surface area contributed by atoms with Gasteiger partial charge in [0.05, 0.1) is 5.52 Å². The maximum absolute atomic E-state index is 11.5. The molecule has 3 rings (SSSR count). The van der Waals surface area contributed by atoms with Gasteiger partial charge in [0.25, 0.3) is 0 Å². The Labute approximate surface area is 110 Å². The Morgan fingerprint density at radius 3 is 3.00 bits per heavy atom. The highest BCUT2D eigenvalue weighted by Crippen LogP contribution is 2.30. The predicted octanol–water partition coefficient (Wildman–Crippen LogP) is 0.666. The third-order valence-corrected chi connectivity index (χ3v) is 3.49. The van der Waals surface area contributed by atoms with Gasteiger partial charge in [-0.15, -0.1) is 0 Å². The zero-order valence-corrected chi connectivity index (χ0v) is 10.4. The van der Waals surface area contributed by atoms with Crippen molar-refractivity contribution in [3.63, 3.8) is 0 Å². The lowest BCUT2D eigenvalue weighted by Crippen LogP contribution is -2.40. The van der Waals surface area contributed by atoms with Crippen LogP contribution in [0.2, 0.25) is 0 Å². The quantitative estimate of drug-likeness (QED) is 0.770. The van der Waals surface area contributed by atoms with E-state index in [-0.39, 0.29) is 11.9 Å². The molecule has 1 fully saturated rings. The van der Waals surface area contributed by atoms with Gasteiger partial charge in [0.1, 0.15) is 18.2 Å². The molecular formula is C13H15N5O. The molecule has 0 radical (unpaired) electrons. The lowest BCUT2D eigenvalue weighted by atomic mass is 10.1. The van der Waals surface area contributed by atoms with Crippen molar-refractivity contribution in [2.75, 3.05) is 17.2 Å². The Kier molecular flexibility index (Phi) is 2.70. The second-order valence-electron chi connectivity index (χ2n) is 4.73. The molecule has 1 aliphatic rings. The van der Waals surface area contributed by atoms with Gasteiger partial charge in [-0.1, -0.05) is 0 Å². The second kappa shape index (κ2) is 4.38. The zero-order chi connectivity index (χ0) is 13.4. The fourth-order valence-electron chi connectivity index (χ4n) is 2.61. The van der Waals surface area contributed by atoms with Gasteiger partial charge >= 0.3 is 0 Å². The molecule has 1 atom stereocenters. The highest BCUT2D eigenvalue weighted by molar-refractivity contribution is 5.94. The van der Waals surface area contributed by atoms with E-state index in [1.54, 1.807) is 6.07 Å². The number of nitrogens with two attached hydrogens (primary N) is 2. The van der Waals surface area contributed by atoms with Crippen LogP contribution >= 0.6 is 0 Å². The summed E-state index contributed by atoms with van der Waals surface area (Å²) in [6.07, 6.45) is 3.20. The third kappa shape index (κ3) is 1.95. The number of nitrogen functional groups attached to an aromatic ring is 1. The summed E-state index contributed by atoms with van der Waals surface area (Å²) in [5.74, 6) is 0.423. The summed E-state index contributed by atoms with van der Waals surface area (Å²) in [6, 6.07) is 5.19. The van der Waals surface area contributed by atoms with Gasteiger partial charge in [0.15, 0.2) is 0 Å². The second-order valence-corrected chi connectivity index (χ2v) is 4.73.